The number of carbonyl (C=O) groups is 1. The summed E-state index contributed by atoms with van der Waals surface area (Å²) >= 11 is 0. The van der Waals surface area contributed by atoms with E-state index in [0.29, 0.717) is 60.0 Å². The third kappa shape index (κ3) is 4.26. The van der Waals surface area contributed by atoms with E-state index in [1.165, 1.54) is 12.4 Å². The number of fused-ring (bicyclic) bond motifs is 1. The number of morpholine rings is 1. The van der Waals surface area contributed by atoms with Gasteiger partial charge in [-0.15, -0.1) is 0 Å². The van der Waals surface area contributed by atoms with E-state index in [0.717, 1.165) is 16.7 Å². The van der Waals surface area contributed by atoms with E-state index in [1.807, 2.05) is 42.5 Å². The highest BCUT2D eigenvalue weighted by atomic mass is 16.6. The van der Waals surface area contributed by atoms with Crippen LogP contribution >= 0.6 is 0 Å². The highest BCUT2D eigenvalue weighted by Crippen LogP contribution is 2.43. The van der Waals surface area contributed by atoms with Gasteiger partial charge in [-0.05, 0) is 35.4 Å². The van der Waals surface area contributed by atoms with Crippen molar-refractivity contribution in [3.05, 3.63) is 106 Å². The lowest BCUT2D eigenvalue weighted by Crippen LogP contribution is -2.52. The number of hydrogen-bond acceptors (Lipinski definition) is 5. The van der Waals surface area contributed by atoms with Crippen molar-refractivity contribution in [1.29, 1.82) is 0 Å². The maximum absolute atomic E-state index is 13.5. The van der Waals surface area contributed by atoms with Gasteiger partial charge in [0.2, 0.25) is 0 Å². The zero-order chi connectivity index (χ0) is 22.8. The predicted molar refractivity (Wildman–Crippen MR) is 123 cm³/mol. The van der Waals surface area contributed by atoms with Crippen molar-refractivity contribution < 1.29 is 23.6 Å². The minimum absolute atomic E-state index is 0.152. The molecule has 0 N–H and O–H groups in total. The molecule has 7 heteroatoms. The number of hydrogen-bond donors (Lipinski definition) is 0. The molecule has 0 radical (unpaired) electrons. The Bertz CT molecular complexity index is 1220. The molecule has 5 rings (SSSR count). The van der Waals surface area contributed by atoms with Crippen molar-refractivity contribution >= 4 is 16.9 Å². The fourth-order valence-electron chi connectivity index (χ4n) is 4.41. The van der Waals surface area contributed by atoms with Crippen LogP contribution in [-0.2, 0) is 4.74 Å². The number of ketones is 1. The summed E-state index contributed by atoms with van der Waals surface area (Å²) in [5, 5.41) is 24.6. The Hall–Kier alpha value is -3.52. The average molecular weight is 444 g/mol. The third-order valence-corrected chi connectivity index (χ3v) is 6.16. The lowest BCUT2D eigenvalue weighted by atomic mass is 9.95. The maximum atomic E-state index is 13.5. The molecule has 0 bridgehead atoms. The fraction of sp³-hybridized carbons (Fsp3) is 0.231. The van der Waals surface area contributed by atoms with E-state index in [1.54, 1.807) is 18.2 Å². The van der Waals surface area contributed by atoms with Gasteiger partial charge in [-0.2, -0.15) is 4.73 Å². The van der Waals surface area contributed by atoms with E-state index in [2.05, 4.69) is 0 Å². The molecule has 3 aromatic rings. The van der Waals surface area contributed by atoms with Gasteiger partial charge in [0, 0.05) is 22.8 Å². The number of aromatic nitrogens is 1. The molecule has 0 atom stereocenters. The Morgan fingerprint density at radius 1 is 0.939 bits per heavy atom. The minimum Gasteiger partial charge on any atom is -0.633 e. The molecule has 33 heavy (non-hydrogen) atoms. The molecule has 168 valence electrons. The molecule has 7 nitrogen and oxygen atoms in total. The molecule has 0 spiro atoms. The van der Waals surface area contributed by atoms with Gasteiger partial charge in [-0.1, -0.05) is 30.3 Å². The molecule has 0 amide bonds. The molecule has 0 unspecified atom stereocenters. The quantitative estimate of drug-likeness (QED) is 0.331. The van der Waals surface area contributed by atoms with E-state index in [9.17, 15) is 15.2 Å². The van der Waals surface area contributed by atoms with Crippen LogP contribution in [0.1, 0.15) is 27.0 Å². The maximum Gasteiger partial charge on any atom is 0.195 e. The summed E-state index contributed by atoms with van der Waals surface area (Å²) in [4.78, 5) is 13.5. The van der Waals surface area contributed by atoms with Crippen LogP contribution in [0.5, 0.6) is 5.75 Å². The van der Waals surface area contributed by atoms with Crippen molar-refractivity contribution in [1.82, 2.24) is 0 Å². The summed E-state index contributed by atoms with van der Waals surface area (Å²) in [6.07, 6.45) is 2.81. The number of carbonyl (C=O) groups excluding carboxylic acids is 1. The van der Waals surface area contributed by atoms with E-state index in [-0.39, 0.29) is 17.0 Å². The number of nitrogens with zero attached hydrogens (tertiary/aromatic N) is 2. The summed E-state index contributed by atoms with van der Waals surface area (Å²) in [6.45, 7) is 2.39. The highest BCUT2D eigenvalue weighted by Gasteiger charge is 2.32. The smallest absolute Gasteiger partial charge is 0.195 e. The molecule has 1 aliphatic heterocycles. The predicted octanol–water partition coefficient (Wildman–Crippen LogP) is 3.20. The number of benzene rings is 2. The second kappa shape index (κ2) is 8.78. The molecule has 2 aliphatic rings. The number of allylic oxidation sites excluding steroid dienone is 1. The molecule has 0 saturated carbocycles. The fourth-order valence-corrected chi connectivity index (χ4v) is 4.41. The van der Waals surface area contributed by atoms with Crippen LogP contribution in [-0.4, -0.2) is 49.9 Å². The average Bonchev–Trinajstić information content (AvgIpc) is 3.12. The third-order valence-electron chi connectivity index (χ3n) is 6.16. The van der Waals surface area contributed by atoms with Crippen LogP contribution in [0, 0.1) is 10.4 Å². The second-order valence-corrected chi connectivity index (χ2v) is 8.29. The van der Waals surface area contributed by atoms with Crippen molar-refractivity contribution in [2.45, 2.75) is 0 Å². The molecule has 1 fully saturated rings. The first-order valence-corrected chi connectivity index (χ1v) is 11.0. The minimum atomic E-state index is -0.322. The molecule has 2 heterocycles. The monoisotopic (exact) mass is 444 g/mol. The van der Waals surface area contributed by atoms with Crippen LogP contribution in [0.4, 0.5) is 0 Å². The molecule has 2 aromatic carbocycles. The van der Waals surface area contributed by atoms with Gasteiger partial charge >= 0.3 is 0 Å². The SMILES string of the molecule is O=C1C(c2ccc[n+]([O-])c2)=C(c2ccccc2)c2ccc(OCC[N+]3([O-])CCOCC3)cc21. The van der Waals surface area contributed by atoms with Gasteiger partial charge in [-0.3, -0.25) is 4.79 Å². The van der Waals surface area contributed by atoms with Gasteiger partial charge in [0.1, 0.15) is 32.0 Å². The Morgan fingerprint density at radius 3 is 2.45 bits per heavy atom. The summed E-state index contributed by atoms with van der Waals surface area (Å²) < 4.78 is 11.5. The summed E-state index contributed by atoms with van der Waals surface area (Å²) in [6, 6.07) is 18.5. The molecular formula is C26H24N2O5. The second-order valence-electron chi connectivity index (χ2n) is 8.29. The molecular weight excluding hydrogens is 420 g/mol. The van der Waals surface area contributed by atoms with E-state index >= 15 is 0 Å². The number of Topliss-reactive ketones (excluding diaryl/α,β-unsaturated/α-hetero) is 1. The molecule has 1 aliphatic carbocycles. The summed E-state index contributed by atoms with van der Waals surface area (Å²) in [5.41, 5.74) is 4.09. The number of hydroxylamine groups is 3. The van der Waals surface area contributed by atoms with E-state index in [4.69, 9.17) is 9.47 Å². The van der Waals surface area contributed by atoms with Crippen molar-refractivity contribution in [3.8, 4) is 5.75 Å². The van der Waals surface area contributed by atoms with Crippen LogP contribution in [0.3, 0.4) is 0 Å². The lowest BCUT2D eigenvalue weighted by molar-refractivity contribution is -0.888. The number of rotatable bonds is 6. The van der Waals surface area contributed by atoms with Crippen LogP contribution < -0.4 is 9.47 Å². The van der Waals surface area contributed by atoms with Crippen LogP contribution in [0.25, 0.3) is 11.1 Å². The zero-order valence-electron chi connectivity index (χ0n) is 18.1. The summed E-state index contributed by atoms with van der Waals surface area (Å²) in [7, 11) is 0. The van der Waals surface area contributed by atoms with Gasteiger partial charge in [0.25, 0.3) is 0 Å². The van der Waals surface area contributed by atoms with Gasteiger partial charge in [0.05, 0.1) is 18.8 Å². The topological polar surface area (TPSA) is 85.5 Å². The lowest BCUT2D eigenvalue weighted by Gasteiger charge is -2.44. The summed E-state index contributed by atoms with van der Waals surface area (Å²) in [5.74, 6) is 0.392. The van der Waals surface area contributed by atoms with Gasteiger partial charge < -0.3 is 24.5 Å². The van der Waals surface area contributed by atoms with E-state index < -0.39 is 0 Å². The molecule has 1 aromatic heterocycles. The first kappa shape index (κ1) is 21.3. The van der Waals surface area contributed by atoms with Crippen LogP contribution in [0.2, 0.25) is 0 Å². The number of quaternary nitrogens is 1. The van der Waals surface area contributed by atoms with Gasteiger partial charge in [-0.25, -0.2) is 0 Å². The van der Waals surface area contributed by atoms with Crippen molar-refractivity contribution in [3.63, 3.8) is 0 Å². The molecule has 1 saturated heterocycles. The first-order chi connectivity index (χ1) is 16.0. The van der Waals surface area contributed by atoms with Crippen molar-refractivity contribution in [2.75, 3.05) is 39.5 Å². The normalized spacial score (nSPS) is 17.2. The highest BCUT2D eigenvalue weighted by molar-refractivity contribution is 6.41. The number of pyridine rings is 1. The van der Waals surface area contributed by atoms with Gasteiger partial charge in [0.15, 0.2) is 18.2 Å². The van der Waals surface area contributed by atoms with Crippen LogP contribution in [0.15, 0.2) is 73.1 Å². The Labute approximate surface area is 191 Å². The zero-order valence-corrected chi connectivity index (χ0v) is 18.1. The van der Waals surface area contributed by atoms with Crippen molar-refractivity contribution in [2.24, 2.45) is 0 Å². The largest absolute Gasteiger partial charge is 0.633 e. The first-order valence-electron chi connectivity index (χ1n) is 11.0. The Balaban J connectivity index is 1.45. The Morgan fingerprint density at radius 2 is 1.70 bits per heavy atom. The standard InChI is InChI=1S/C26H24N2O5/c29-26-23-17-21(33-16-13-28(31)11-14-32-15-12-28)8-9-22(23)24(19-5-2-1-3-6-19)25(26)20-7-4-10-27(30)18-20/h1-10,17-18H,11-16H2. The number of ether oxygens (including phenoxy) is 2. The Kier molecular flexibility index (Phi) is 5.68.